The van der Waals surface area contributed by atoms with Crippen LogP contribution in [0.4, 0.5) is 0 Å². The molecule has 1 aliphatic rings. The van der Waals surface area contributed by atoms with E-state index >= 15 is 0 Å². The molecule has 0 amide bonds. The molecule has 5 atom stereocenters. The fourth-order valence-electron chi connectivity index (χ4n) is 1.11. The topological polar surface area (TPSA) is 110 Å². The van der Waals surface area contributed by atoms with Gasteiger partial charge in [0.05, 0.1) is 6.61 Å². The maximum Gasteiger partial charge on any atom is 0.184 e. The van der Waals surface area contributed by atoms with Crippen LogP contribution in [0.15, 0.2) is 0 Å². The minimum Gasteiger partial charge on any atom is -0.394 e. The number of aliphatic hydroxyl groups is 5. The van der Waals surface area contributed by atoms with E-state index in [2.05, 4.69) is 4.74 Å². The average Bonchev–Trinajstić information content (AvgIpc) is 2.32. The van der Waals surface area contributed by atoms with Crippen molar-refractivity contribution in [1.82, 2.24) is 0 Å². The zero-order chi connectivity index (χ0) is 9.30. The molecule has 0 aliphatic carbocycles. The van der Waals surface area contributed by atoms with Crippen LogP contribution in [0.25, 0.3) is 0 Å². The van der Waals surface area contributed by atoms with Crippen LogP contribution in [-0.4, -0.2) is 62.8 Å². The first-order valence-electron chi connectivity index (χ1n) is 3.56. The highest BCUT2D eigenvalue weighted by Gasteiger charge is 2.44. The summed E-state index contributed by atoms with van der Waals surface area (Å²) in [6.07, 6.45) is -6.75. The molecule has 0 saturated carbocycles. The lowest BCUT2D eigenvalue weighted by Crippen LogP contribution is -2.40. The Morgan fingerprint density at radius 2 is 1.75 bits per heavy atom. The highest BCUT2D eigenvalue weighted by Crippen LogP contribution is 2.21. The Morgan fingerprint density at radius 1 is 1.17 bits per heavy atom. The largest absolute Gasteiger partial charge is 0.394 e. The molecule has 1 aliphatic heterocycles. The molecule has 6 heteroatoms. The number of rotatable bonds is 2. The fraction of sp³-hybridized carbons (Fsp3) is 1.00. The van der Waals surface area contributed by atoms with E-state index in [0.29, 0.717) is 0 Å². The molecule has 2 unspecified atom stereocenters. The van der Waals surface area contributed by atoms with E-state index in [1.807, 2.05) is 0 Å². The molecule has 0 aromatic heterocycles. The third kappa shape index (κ3) is 1.58. The van der Waals surface area contributed by atoms with Gasteiger partial charge in [-0.2, -0.15) is 0 Å². The Balaban J connectivity index is 2.58. The smallest absolute Gasteiger partial charge is 0.184 e. The molecular weight excluding hydrogens is 168 g/mol. The monoisotopic (exact) mass is 180 g/mol. The predicted octanol–water partition coefficient (Wildman–Crippen LogP) is -3.22. The van der Waals surface area contributed by atoms with Crippen molar-refractivity contribution >= 4 is 0 Å². The molecular formula is C6H12O6. The number of hydrogen-bond acceptors (Lipinski definition) is 6. The molecule has 0 spiro atoms. The van der Waals surface area contributed by atoms with E-state index in [0.717, 1.165) is 0 Å². The summed E-state index contributed by atoms with van der Waals surface area (Å²) < 4.78 is 4.58. The van der Waals surface area contributed by atoms with E-state index in [4.69, 9.17) is 25.5 Å². The second kappa shape index (κ2) is 3.65. The zero-order valence-corrected chi connectivity index (χ0v) is 6.24. The number of ether oxygens (including phenoxy) is 1. The van der Waals surface area contributed by atoms with Crippen LogP contribution in [0, 0.1) is 0 Å². The van der Waals surface area contributed by atoms with Gasteiger partial charge in [-0.3, -0.25) is 0 Å². The average molecular weight is 180 g/mol. The van der Waals surface area contributed by atoms with E-state index in [1.54, 1.807) is 0 Å². The zero-order valence-electron chi connectivity index (χ0n) is 6.24. The van der Waals surface area contributed by atoms with E-state index in [-0.39, 0.29) is 0 Å². The normalized spacial score (nSPS) is 44.8. The lowest BCUT2D eigenvalue weighted by Gasteiger charge is -2.18. The molecule has 0 aromatic carbocycles. The van der Waals surface area contributed by atoms with Gasteiger partial charge < -0.3 is 30.3 Å². The molecule has 0 bridgehead atoms. The van der Waals surface area contributed by atoms with Gasteiger partial charge in [0.2, 0.25) is 0 Å². The summed E-state index contributed by atoms with van der Waals surface area (Å²) in [5, 5.41) is 44.4. The van der Waals surface area contributed by atoms with E-state index in [1.165, 1.54) is 0 Å². The standard InChI is InChI=1S/C6H12O6/c7-1-2(8)5-3(9)4(10)6(11)12-5/h2-11H,1H2/t2?,3-,4-,5+,6?/m1/s1. The van der Waals surface area contributed by atoms with E-state index < -0.39 is 37.3 Å². The molecule has 1 heterocycles. The van der Waals surface area contributed by atoms with Crippen LogP contribution >= 0.6 is 0 Å². The highest BCUT2D eigenvalue weighted by molar-refractivity contribution is 4.89. The van der Waals surface area contributed by atoms with Crippen LogP contribution in [0.3, 0.4) is 0 Å². The van der Waals surface area contributed by atoms with Gasteiger partial charge in [0.15, 0.2) is 6.29 Å². The van der Waals surface area contributed by atoms with Crippen LogP contribution < -0.4 is 0 Å². The van der Waals surface area contributed by atoms with Crippen molar-refractivity contribution in [3.8, 4) is 0 Å². The van der Waals surface area contributed by atoms with Gasteiger partial charge in [-0.25, -0.2) is 0 Å². The molecule has 12 heavy (non-hydrogen) atoms. The summed E-state index contributed by atoms with van der Waals surface area (Å²) in [4.78, 5) is 0. The highest BCUT2D eigenvalue weighted by atomic mass is 16.6. The summed E-state index contributed by atoms with van der Waals surface area (Å²) in [7, 11) is 0. The molecule has 72 valence electrons. The Kier molecular flexibility index (Phi) is 2.99. The van der Waals surface area contributed by atoms with Gasteiger partial charge >= 0.3 is 0 Å². The summed E-state index contributed by atoms with van der Waals surface area (Å²) in [6, 6.07) is 0. The third-order valence-corrected chi connectivity index (χ3v) is 1.84. The van der Waals surface area contributed by atoms with Gasteiger partial charge in [-0.1, -0.05) is 0 Å². The predicted molar refractivity (Wildman–Crippen MR) is 36.0 cm³/mol. The molecule has 5 N–H and O–H groups in total. The van der Waals surface area contributed by atoms with Crippen LogP contribution in [0.2, 0.25) is 0 Å². The fourth-order valence-corrected chi connectivity index (χ4v) is 1.11. The summed E-state index contributed by atoms with van der Waals surface area (Å²) in [5.74, 6) is 0. The SMILES string of the molecule is OCC(O)[C@@H]1OC(O)[C@H](O)[C@H]1O. The lowest BCUT2D eigenvalue weighted by atomic mass is 10.1. The Morgan fingerprint density at radius 3 is 2.08 bits per heavy atom. The Hall–Kier alpha value is -0.240. The molecule has 6 nitrogen and oxygen atoms in total. The minimum absolute atomic E-state index is 0.596. The third-order valence-electron chi connectivity index (χ3n) is 1.84. The van der Waals surface area contributed by atoms with Gasteiger partial charge in [0, 0.05) is 0 Å². The summed E-state index contributed by atoms with van der Waals surface area (Å²) in [5.41, 5.74) is 0. The lowest BCUT2D eigenvalue weighted by molar-refractivity contribution is -0.150. The molecule has 1 fully saturated rings. The van der Waals surface area contributed by atoms with Gasteiger partial charge in [-0.05, 0) is 0 Å². The molecule has 0 radical (unpaired) electrons. The maximum absolute atomic E-state index is 9.12. The summed E-state index contributed by atoms with van der Waals surface area (Å²) >= 11 is 0. The Bertz CT molecular complexity index is 151. The van der Waals surface area contributed by atoms with Crippen LogP contribution in [0.5, 0.6) is 0 Å². The van der Waals surface area contributed by atoms with Gasteiger partial charge in [0.25, 0.3) is 0 Å². The molecule has 1 saturated heterocycles. The number of hydrogen-bond donors (Lipinski definition) is 5. The van der Waals surface area contributed by atoms with Gasteiger partial charge in [-0.15, -0.1) is 0 Å². The van der Waals surface area contributed by atoms with Crippen molar-refractivity contribution in [2.45, 2.75) is 30.7 Å². The first-order chi connectivity index (χ1) is 5.57. The van der Waals surface area contributed by atoms with Crippen molar-refractivity contribution in [3.05, 3.63) is 0 Å². The van der Waals surface area contributed by atoms with E-state index in [9.17, 15) is 0 Å². The van der Waals surface area contributed by atoms with Crippen LogP contribution in [-0.2, 0) is 4.74 Å². The van der Waals surface area contributed by atoms with Crippen molar-refractivity contribution in [2.24, 2.45) is 0 Å². The van der Waals surface area contributed by atoms with Crippen molar-refractivity contribution in [2.75, 3.05) is 6.61 Å². The van der Waals surface area contributed by atoms with Crippen molar-refractivity contribution in [1.29, 1.82) is 0 Å². The summed E-state index contributed by atoms with van der Waals surface area (Å²) in [6.45, 7) is -0.596. The molecule has 1 rings (SSSR count). The second-order valence-electron chi connectivity index (χ2n) is 2.72. The van der Waals surface area contributed by atoms with Gasteiger partial charge in [0.1, 0.15) is 24.4 Å². The molecule has 0 aromatic rings. The Labute approximate surface area is 68.6 Å². The first kappa shape index (κ1) is 9.85. The number of aliphatic hydroxyl groups excluding tert-OH is 5. The quantitative estimate of drug-likeness (QED) is 0.306. The maximum atomic E-state index is 9.12. The van der Waals surface area contributed by atoms with Crippen LogP contribution in [0.1, 0.15) is 0 Å². The van der Waals surface area contributed by atoms with Crippen molar-refractivity contribution in [3.63, 3.8) is 0 Å². The van der Waals surface area contributed by atoms with Crippen molar-refractivity contribution < 1.29 is 30.3 Å². The second-order valence-corrected chi connectivity index (χ2v) is 2.72. The first-order valence-corrected chi connectivity index (χ1v) is 3.56. The minimum atomic E-state index is -1.51.